The Bertz CT molecular complexity index is 963. The van der Waals surface area contributed by atoms with E-state index in [-0.39, 0.29) is 11.9 Å². The monoisotopic (exact) mass is 388 g/mol. The van der Waals surface area contributed by atoms with Gasteiger partial charge in [-0.3, -0.25) is 9.69 Å². The zero-order chi connectivity index (χ0) is 20.2. The first-order valence-corrected chi connectivity index (χ1v) is 10.2. The summed E-state index contributed by atoms with van der Waals surface area (Å²) in [6.07, 6.45) is 0.0308. The van der Waals surface area contributed by atoms with Gasteiger partial charge in [0.1, 0.15) is 0 Å². The van der Waals surface area contributed by atoms with Crippen molar-refractivity contribution in [2.45, 2.75) is 26.5 Å². The average Bonchev–Trinajstić information content (AvgIpc) is 3.04. The van der Waals surface area contributed by atoms with Gasteiger partial charge >= 0.3 is 0 Å². The molecule has 4 rings (SSSR count). The lowest BCUT2D eigenvalue weighted by molar-refractivity contribution is -0.0275. The molecule has 0 amide bonds. The van der Waals surface area contributed by atoms with E-state index in [1.165, 1.54) is 11.1 Å². The number of ether oxygens (including phenoxy) is 1. The lowest BCUT2D eigenvalue weighted by Crippen LogP contribution is -2.41. The van der Waals surface area contributed by atoms with Crippen molar-refractivity contribution >= 4 is 5.78 Å². The Balaban J connectivity index is 1.45. The molecule has 1 aliphatic heterocycles. The Kier molecular flexibility index (Phi) is 5.93. The van der Waals surface area contributed by atoms with Crippen molar-refractivity contribution in [1.29, 1.82) is 0 Å². The van der Waals surface area contributed by atoms with Crippen LogP contribution in [0.1, 0.15) is 39.0 Å². The average molecular weight is 389 g/mol. The highest BCUT2D eigenvalue weighted by Gasteiger charge is 2.25. The normalized spacial score (nSPS) is 17.4. The zero-order valence-electron chi connectivity index (χ0n) is 17.2. The minimum absolute atomic E-state index is 0.0308. The number of aromatic nitrogens is 1. The second kappa shape index (κ2) is 8.76. The molecule has 0 aliphatic carbocycles. The van der Waals surface area contributed by atoms with E-state index in [4.69, 9.17) is 4.74 Å². The van der Waals surface area contributed by atoms with Gasteiger partial charge in [-0.2, -0.15) is 0 Å². The number of aryl methyl sites for hydroxylation is 1. The summed E-state index contributed by atoms with van der Waals surface area (Å²) in [7, 11) is 0. The maximum atomic E-state index is 13.1. The van der Waals surface area contributed by atoms with E-state index in [1.807, 2.05) is 30.3 Å². The molecule has 2 heterocycles. The molecule has 1 aromatic heterocycles. The van der Waals surface area contributed by atoms with Crippen molar-refractivity contribution in [1.82, 2.24) is 9.47 Å². The van der Waals surface area contributed by atoms with Gasteiger partial charge in [-0.25, -0.2) is 0 Å². The smallest absolute Gasteiger partial charge is 0.178 e. The fourth-order valence-corrected chi connectivity index (χ4v) is 4.10. The molecule has 1 saturated heterocycles. The molecule has 4 heteroatoms. The third kappa shape index (κ3) is 4.50. The zero-order valence-corrected chi connectivity index (χ0v) is 17.2. The van der Waals surface area contributed by atoms with Crippen LogP contribution in [0.5, 0.6) is 0 Å². The molecule has 29 heavy (non-hydrogen) atoms. The molecular weight excluding hydrogens is 360 g/mol. The lowest BCUT2D eigenvalue weighted by Gasteiger charge is -2.32. The number of rotatable bonds is 6. The second-order valence-corrected chi connectivity index (χ2v) is 7.78. The number of morpholine rings is 1. The van der Waals surface area contributed by atoms with Gasteiger partial charge in [0, 0.05) is 36.6 Å². The fraction of sp³-hybridized carbons (Fsp3) is 0.320. The van der Waals surface area contributed by atoms with E-state index < -0.39 is 0 Å². The predicted octanol–water partition coefficient (Wildman–Crippen LogP) is 4.41. The lowest BCUT2D eigenvalue weighted by atomic mass is 10.1. The molecule has 0 N–H and O–H groups in total. The quantitative estimate of drug-likeness (QED) is 0.587. The van der Waals surface area contributed by atoms with Crippen LogP contribution in [-0.2, 0) is 11.3 Å². The molecule has 0 spiro atoms. The summed E-state index contributed by atoms with van der Waals surface area (Å²) in [5, 5.41) is 0. The molecule has 4 nitrogen and oxygen atoms in total. The standard InChI is InChI=1S/C25H28N2O2/c1-19-15-23(20(2)27(19)16-21-9-5-3-6-10-21)24(28)17-26-13-14-29-25(18-26)22-11-7-4-8-12-22/h3-12,15,25H,13-14,16-18H2,1-2H3. The van der Waals surface area contributed by atoms with Gasteiger partial charge in [-0.1, -0.05) is 60.7 Å². The maximum Gasteiger partial charge on any atom is 0.178 e. The summed E-state index contributed by atoms with van der Waals surface area (Å²) in [5.41, 5.74) is 5.42. The van der Waals surface area contributed by atoms with Gasteiger partial charge < -0.3 is 9.30 Å². The Labute approximate surface area is 172 Å². The Hall–Kier alpha value is -2.69. The molecule has 2 aromatic carbocycles. The van der Waals surface area contributed by atoms with E-state index in [2.05, 4.69) is 59.7 Å². The summed E-state index contributed by atoms with van der Waals surface area (Å²) < 4.78 is 8.17. The molecular formula is C25H28N2O2. The number of hydrogen-bond donors (Lipinski definition) is 0. The molecule has 0 radical (unpaired) electrons. The van der Waals surface area contributed by atoms with Gasteiger partial charge in [0.2, 0.25) is 0 Å². The number of carbonyl (C=O) groups excluding carboxylic acids is 1. The van der Waals surface area contributed by atoms with Crippen LogP contribution < -0.4 is 0 Å². The van der Waals surface area contributed by atoms with Crippen molar-refractivity contribution < 1.29 is 9.53 Å². The number of carbonyl (C=O) groups is 1. The van der Waals surface area contributed by atoms with E-state index >= 15 is 0 Å². The van der Waals surface area contributed by atoms with Crippen LogP contribution in [0.25, 0.3) is 0 Å². The summed E-state index contributed by atoms with van der Waals surface area (Å²) in [5.74, 6) is 0.186. The predicted molar refractivity (Wildman–Crippen MR) is 115 cm³/mol. The van der Waals surface area contributed by atoms with E-state index in [9.17, 15) is 4.79 Å². The van der Waals surface area contributed by atoms with Crippen molar-refractivity contribution in [3.05, 3.63) is 94.8 Å². The molecule has 1 unspecified atom stereocenters. The first kappa shape index (κ1) is 19.6. The summed E-state index contributed by atoms with van der Waals surface area (Å²) in [6, 6.07) is 22.7. The molecule has 150 valence electrons. The van der Waals surface area contributed by atoms with Crippen molar-refractivity contribution in [3.63, 3.8) is 0 Å². The number of Topliss-reactive ketones (excluding diaryl/α,β-unsaturated/α-hetero) is 1. The van der Waals surface area contributed by atoms with Gasteiger partial charge in [0.25, 0.3) is 0 Å². The molecule has 1 fully saturated rings. The van der Waals surface area contributed by atoms with Crippen LogP contribution in [0.15, 0.2) is 66.7 Å². The molecule has 0 bridgehead atoms. The van der Waals surface area contributed by atoms with Crippen LogP contribution in [0.3, 0.4) is 0 Å². The van der Waals surface area contributed by atoms with Crippen molar-refractivity contribution in [2.24, 2.45) is 0 Å². The van der Waals surface area contributed by atoms with Gasteiger partial charge in [0.15, 0.2) is 5.78 Å². The molecule has 1 aliphatic rings. The van der Waals surface area contributed by atoms with Crippen LogP contribution in [0.2, 0.25) is 0 Å². The topological polar surface area (TPSA) is 34.5 Å². The van der Waals surface area contributed by atoms with Gasteiger partial charge in [0.05, 0.1) is 19.3 Å². The minimum atomic E-state index is 0.0308. The molecule has 3 aromatic rings. The highest BCUT2D eigenvalue weighted by molar-refractivity contribution is 5.99. The summed E-state index contributed by atoms with van der Waals surface area (Å²) in [4.78, 5) is 15.3. The van der Waals surface area contributed by atoms with Crippen LogP contribution in [0, 0.1) is 13.8 Å². The number of benzene rings is 2. The Morgan fingerprint density at radius 2 is 1.72 bits per heavy atom. The SMILES string of the molecule is Cc1cc(C(=O)CN2CCOC(c3ccccc3)C2)c(C)n1Cc1ccccc1. The highest BCUT2D eigenvalue weighted by atomic mass is 16.5. The van der Waals surface area contributed by atoms with Crippen molar-refractivity contribution in [3.8, 4) is 0 Å². The van der Waals surface area contributed by atoms with E-state index in [0.29, 0.717) is 13.2 Å². The number of ketones is 1. The fourth-order valence-electron chi connectivity index (χ4n) is 4.10. The number of nitrogens with zero attached hydrogens (tertiary/aromatic N) is 2. The Morgan fingerprint density at radius 1 is 1.03 bits per heavy atom. The van der Waals surface area contributed by atoms with E-state index in [0.717, 1.165) is 36.6 Å². The second-order valence-electron chi connectivity index (χ2n) is 7.78. The molecule has 0 saturated carbocycles. The first-order chi connectivity index (χ1) is 14.1. The first-order valence-electron chi connectivity index (χ1n) is 10.2. The largest absolute Gasteiger partial charge is 0.371 e. The highest BCUT2D eigenvalue weighted by Crippen LogP contribution is 2.23. The third-order valence-corrected chi connectivity index (χ3v) is 5.75. The maximum absolute atomic E-state index is 13.1. The summed E-state index contributed by atoms with van der Waals surface area (Å²) >= 11 is 0. The third-order valence-electron chi connectivity index (χ3n) is 5.75. The van der Waals surface area contributed by atoms with E-state index in [1.54, 1.807) is 0 Å². The summed E-state index contributed by atoms with van der Waals surface area (Å²) in [6.45, 7) is 7.54. The number of hydrogen-bond acceptors (Lipinski definition) is 3. The van der Waals surface area contributed by atoms with Crippen molar-refractivity contribution in [2.75, 3.05) is 26.2 Å². The van der Waals surface area contributed by atoms with Crippen LogP contribution >= 0.6 is 0 Å². The van der Waals surface area contributed by atoms with Crippen LogP contribution in [0.4, 0.5) is 0 Å². The van der Waals surface area contributed by atoms with Gasteiger partial charge in [-0.05, 0) is 31.0 Å². The Morgan fingerprint density at radius 3 is 2.45 bits per heavy atom. The molecule has 1 atom stereocenters. The van der Waals surface area contributed by atoms with Crippen LogP contribution in [-0.4, -0.2) is 41.5 Å². The van der Waals surface area contributed by atoms with Gasteiger partial charge in [-0.15, -0.1) is 0 Å². The minimum Gasteiger partial charge on any atom is -0.371 e.